The summed E-state index contributed by atoms with van der Waals surface area (Å²) < 4.78 is 13.9. The van der Waals surface area contributed by atoms with Gasteiger partial charge in [0, 0.05) is 37.1 Å². The van der Waals surface area contributed by atoms with Crippen molar-refractivity contribution in [1.82, 2.24) is 25.5 Å². The van der Waals surface area contributed by atoms with Crippen molar-refractivity contribution >= 4 is 11.7 Å². The molecule has 0 radical (unpaired) electrons. The number of carbonyl (C=O) groups excluding carboxylic acids is 1. The van der Waals surface area contributed by atoms with E-state index in [0.717, 1.165) is 13.0 Å². The third kappa shape index (κ3) is 3.74. The second-order valence-corrected chi connectivity index (χ2v) is 6.25. The number of benzene rings is 1. The Morgan fingerprint density at radius 2 is 2.04 bits per heavy atom. The highest BCUT2D eigenvalue weighted by molar-refractivity contribution is 5.92. The number of carbonyl (C=O) groups is 1. The van der Waals surface area contributed by atoms with Crippen molar-refractivity contribution in [3.05, 3.63) is 66.5 Å². The van der Waals surface area contributed by atoms with Crippen LogP contribution < -0.4 is 10.2 Å². The van der Waals surface area contributed by atoms with E-state index >= 15 is 0 Å². The summed E-state index contributed by atoms with van der Waals surface area (Å²) in [5, 5.41) is 11.3. The Balaban J connectivity index is 1.40. The summed E-state index contributed by atoms with van der Waals surface area (Å²) in [6.45, 7) is 1.37. The zero-order valence-corrected chi connectivity index (χ0v) is 14.4. The van der Waals surface area contributed by atoms with Crippen molar-refractivity contribution in [1.29, 1.82) is 0 Å². The lowest BCUT2D eigenvalue weighted by Gasteiger charge is -2.17. The summed E-state index contributed by atoms with van der Waals surface area (Å²) in [4.78, 5) is 22.1. The number of rotatable bonds is 4. The lowest BCUT2D eigenvalue weighted by Crippen LogP contribution is -2.37. The van der Waals surface area contributed by atoms with E-state index in [0.29, 0.717) is 29.3 Å². The molecule has 3 heterocycles. The first kappa shape index (κ1) is 17.0. The van der Waals surface area contributed by atoms with E-state index in [9.17, 15) is 9.18 Å². The molecule has 1 aromatic carbocycles. The van der Waals surface area contributed by atoms with Crippen LogP contribution in [0.1, 0.15) is 16.9 Å². The highest BCUT2D eigenvalue weighted by Gasteiger charge is 2.26. The number of halogens is 1. The van der Waals surface area contributed by atoms with Crippen molar-refractivity contribution in [2.75, 3.05) is 18.0 Å². The second-order valence-electron chi connectivity index (χ2n) is 6.25. The molecule has 4 rings (SSSR count). The summed E-state index contributed by atoms with van der Waals surface area (Å²) in [5.41, 5.74) is 1.21. The molecule has 1 amide bonds. The summed E-state index contributed by atoms with van der Waals surface area (Å²) in [5.74, 6) is 0.134. The predicted octanol–water partition coefficient (Wildman–Crippen LogP) is 2.08. The highest BCUT2D eigenvalue weighted by atomic mass is 19.1. The molecular formula is C19H17FN6O. The quantitative estimate of drug-likeness (QED) is 0.763. The van der Waals surface area contributed by atoms with Crippen LogP contribution in [0.3, 0.4) is 0 Å². The molecule has 3 aromatic rings. The van der Waals surface area contributed by atoms with E-state index in [1.54, 1.807) is 24.3 Å². The Morgan fingerprint density at radius 3 is 2.78 bits per heavy atom. The van der Waals surface area contributed by atoms with Gasteiger partial charge in [-0.05, 0) is 30.7 Å². The smallest absolute Gasteiger partial charge is 0.271 e. The molecule has 136 valence electrons. The predicted molar refractivity (Wildman–Crippen MR) is 97.5 cm³/mol. The Hall–Kier alpha value is -3.42. The summed E-state index contributed by atoms with van der Waals surface area (Å²) in [6.07, 6.45) is 5.25. The molecule has 0 bridgehead atoms. The van der Waals surface area contributed by atoms with Crippen LogP contribution in [-0.4, -0.2) is 45.2 Å². The second kappa shape index (κ2) is 7.45. The van der Waals surface area contributed by atoms with Gasteiger partial charge < -0.3 is 10.2 Å². The minimum absolute atomic E-state index is 0.00690. The average Bonchev–Trinajstić information content (AvgIpc) is 3.18. The van der Waals surface area contributed by atoms with Crippen molar-refractivity contribution in [3.63, 3.8) is 0 Å². The third-order valence-electron chi connectivity index (χ3n) is 4.44. The normalized spacial score (nSPS) is 16.3. The maximum absolute atomic E-state index is 13.9. The maximum atomic E-state index is 13.9. The number of hydrogen-bond donors (Lipinski definition) is 1. The van der Waals surface area contributed by atoms with Crippen LogP contribution in [-0.2, 0) is 0 Å². The number of hydrogen-bond acceptors (Lipinski definition) is 6. The third-order valence-corrected chi connectivity index (χ3v) is 4.44. The highest BCUT2D eigenvalue weighted by Crippen LogP contribution is 2.23. The first-order valence-corrected chi connectivity index (χ1v) is 8.61. The van der Waals surface area contributed by atoms with Gasteiger partial charge in [-0.1, -0.05) is 12.1 Å². The molecule has 8 heteroatoms. The zero-order chi connectivity index (χ0) is 18.6. The fourth-order valence-electron chi connectivity index (χ4n) is 3.07. The van der Waals surface area contributed by atoms with E-state index in [1.807, 2.05) is 11.0 Å². The SMILES string of the molecule is O=C(NC1CCN(c2ccc(-c3ccccc3F)nn2)C1)c1cnccn1. The monoisotopic (exact) mass is 364 g/mol. The summed E-state index contributed by atoms with van der Waals surface area (Å²) in [6, 6.07) is 10.0. The molecule has 0 spiro atoms. The van der Waals surface area contributed by atoms with E-state index < -0.39 is 0 Å². The topological polar surface area (TPSA) is 83.9 Å². The van der Waals surface area contributed by atoms with Gasteiger partial charge in [-0.25, -0.2) is 9.37 Å². The standard InChI is InChI=1S/C19H17FN6O/c20-15-4-2-1-3-14(15)16-5-6-18(25-24-16)26-10-7-13(12-26)23-19(27)17-11-21-8-9-22-17/h1-6,8-9,11,13H,7,10,12H2,(H,23,27). The van der Waals surface area contributed by atoms with E-state index in [4.69, 9.17) is 0 Å². The molecule has 1 aliphatic rings. The van der Waals surface area contributed by atoms with Crippen LogP contribution in [0.15, 0.2) is 55.0 Å². The van der Waals surface area contributed by atoms with Gasteiger partial charge in [-0.2, -0.15) is 0 Å². The van der Waals surface area contributed by atoms with Crippen LogP contribution in [0.25, 0.3) is 11.3 Å². The lowest BCUT2D eigenvalue weighted by atomic mass is 10.1. The minimum atomic E-state index is -0.326. The summed E-state index contributed by atoms with van der Waals surface area (Å²) in [7, 11) is 0. The lowest BCUT2D eigenvalue weighted by molar-refractivity contribution is 0.0935. The Bertz CT molecular complexity index is 934. The molecular weight excluding hydrogens is 347 g/mol. The average molecular weight is 364 g/mol. The van der Waals surface area contributed by atoms with Crippen LogP contribution in [0.4, 0.5) is 10.2 Å². The molecule has 27 heavy (non-hydrogen) atoms. The van der Waals surface area contributed by atoms with Gasteiger partial charge in [0.1, 0.15) is 11.5 Å². The van der Waals surface area contributed by atoms with Gasteiger partial charge in [0.25, 0.3) is 5.91 Å². The van der Waals surface area contributed by atoms with E-state index in [2.05, 4.69) is 25.5 Å². The van der Waals surface area contributed by atoms with Gasteiger partial charge in [-0.15, -0.1) is 10.2 Å². The number of anilines is 1. The number of amides is 1. The van der Waals surface area contributed by atoms with Gasteiger partial charge in [0.05, 0.1) is 11.9 Å². The Morgan fingerprint density at radius 1 is 1.15 bits per heavy atom. The van der Waals surface area contributed by atoms with Crippen molar-refractivity contribution in [3.8, 4) is 11.3 Å². The molecule has 0 saturated carbocycles. The largest absolute Gasteiger partial charge is 0.353 e. The molecule has 2 aromatic heterocycles. The molecule has 1 fully saturated rings. The van der Waals surface area contributed by atoms with Gasteiger partial charge >= 0.3 is 0 Å². The van der Waals surface area contributed by atoms with Crippen LogP contribution in [0.5, 0.6) is 0 Å². The maximum Gasteiger partial charge on any atom is 0.271 e. The summed E-state index contributed by atoms with van der Waals surface area (Å²) >= 11 is 0. The molecule has 0 aliphatic carbocycles. The molecule has 1 unspecified atom stereocenters. The van der Waals surface area contributed by atoms with Crippen LogP contribution >= 0.6 is 0 Å². The molecule has 7 nitrogen and oxygen atoms in total. The molecule has 1 N–H and O–H groups in total. The van der Waals surface area contributed by atoms with Gasteiger partial charge in [0.15, 0.2) is 5.82 Å². The molecule has 1 saturated heterocycles. The van der Waals surface area contributed by atoms with Crippen LogP contribution in [0, 0.1) is 5.82 Å². The molecule has 1 atom stereocenters. The van der Waals surface area contributed by atoms with Gasteiger partial charge in [-0.3, -0.25) is 9.78 Å². The fourth-order valence-corrected chi connectivity index (χ4v) is 3.07. The van der Waals surface area contributed by atoms with Crippen LogP contribution in [0.2, 0.25) is 0 Å². The number of aromatic nitrogens is 4. The Kier molecular flexibility index (Phi) is 4.69. The van der Waals surface area contributed by atoms with Crippen molar-refractivity contribution in [2.45, 2.75) is 12.5 Å². The number of nitrogens with one attached hydrogen (secondary N) is 1. The van der Waals surface area contributed by atoms with Gasteiger partial charge in [0.2, 0.25) is 0 Å². The van der Waals surface area contributed by atoms with E-state index in [-0.39, 0.29) is 17.8 Å². The number of nitrogens with zero attached hydrogens (tertiary/aromatic N) is 5. The molecule has 1 aliphatic heterocycles. The van der Waals surface area contributed by atoms with Crippen molar-refractivity contribution in [2.24, 2.45) is 0 Å². The minimum Gasteiger partial charge on any atom is -0.353 e. The Labute approximate surface area is 155 Å². The fraction of sp³-hybridized carbons (Fsp3) is 0.211. The zero-order valence-electron chi connectivity index (χ0n) is 14.4. The van der Waals surface area contributed by atoms with E-state index in [1.165, 1.54) is 24.7 Å². The first-order chi connectivity index (χ1) is 13.2. The first-order valence-electron chi connectivity index (χ1n) is 8.61. The van der Waals surface area contributed by atoms with Crippen molar-refractivity contribution < 1.29 is 9.18 Å².